The van der Waals surface area contributed by atoms with Crippen molar-refractivity contribution in [1.82, 2.24) is 5.32 Å². The lowest BCUT2D eigenvalue weighted by atomic mass is 9.67. The average molecular weight is 356 g/mol. The van der Waals surface area contributed by atoms with Crippen molar-refractivity contribution in [2.75, 3.05) is 35.0 Å². The van der Waals surface area contributed by atoms with Crippen LogP contribution < -0.4 is 5.32 Å². The van der Waals surface area contributed by atoms with Gasteiger partial charge in [-0.25, -0.2) is 0 Å². The molecule has 1 saturated heterocycles. The van der Waals surface area contributed by atoms with E-state index in [-0.39, 0.29) is 24.4 Å². The molecule has 2 aliphatic carbocycles. The highest BCUT2D eigenvalue weighted by atomic mass is 16.5. The topological polar surface area (TPSA) is 49.0 Å². The number of methoxy groups -OCH3 is 4. The van der Waals surface area contributed by atoms with E-state index >= 15 is 0 Å². The molecule has 8 unspecified atom stereocenters. The summed E-state index contributed by atoms with van der Waals surface area (Å²) in [6.07, 6.45) is 9.31. The lowest BCUT2D eigenvalue weighted by Gasteiger charge is -2.48. The van der Waals surface area contributed by atoms with Gasteiger partial charge in [0, 0.05) is 34.5 Å². The molecular weight excluding hydrogens is 318 g/mol. The van der Waals surface area contributed by atoms with Crippen LogP contribution in [0.3, 0.4) is 0 Å². The second kappa shape index (κ2) is 9.14. The fraction of sp³-hybridized carbons (Fsp3) is 1.00. The summed E-state index contributed by atoms with van der Waals surface area (Å²) in [4.78, 5) is 0. The van der Waals surface area contributed by atoms with E-state index in [2.05, 4.69) is 5.32 Å². The molecule has 5 heteroatoms. The third kappa shape index (κ3) is 4.38. The number of hydrogen-bond acceptors (Lipinski definition) is 5. The van der Waals surface area contributed by atoms with Gasteiger partial charge in [0.1, 0.15) is 0 Å². The van der Waals surface area contributed by atoms with E-state index in [0.717, 1.165) is 44.1 Å². The minimum atomic E-state index is 0.240. The van der Waals surface area contributed by atoms with Gasteiger partial charge in [-0.05, 0) is 69.2 Å². The van der Waals surface area contributed by atoms with E-state index in [1.54, 1.807) is 0 Å². The van der Waals surface area contributed by atoms with Crippen molar-refractivity contribution >= 4 is 0 Å². The molecule has 0 radical (unpaired) electrons. The van der Waals surface area contributed by atoms with Gasteiger partial charge in [0.05, 0.1) is 24.4 Å². The molecule has 0 amide bonds. The van der Waals surface area contributed by atoms with Crippen molar-refractivity contribution in [1.29, 1.82) is 0 Å². The van der Waals surface area contributed by atoms with Crippen LogP contribution in [0, 0.1) is 17.8 Å². The fourth-order valence-electron chi connectivity index (χ4n) is 5.70. The average Bonchev–Trinajstić information content (AvgIpc) is 2.66. The Morgan fingerprint density at radius 3 is 2.04 bits per heavy atom. The Morgan fingerprint density at radius 1 is 0.720 bits per heavy atom. The van der Waals surface area contributed by atoms with Crippen molar-refractivity contribution < 1.29 is 18.9 Å². The van der Waals surface area contributed by atoms with Gasteiger partial charge in [0.15, 0.2) is 0 Å². The standard InChI is InChI=1S/C20H37NO4/c1-22-17-6-5-13(10-18(17)23-2)9-16-15-12-20(25-4)19(24-3)11-14(15)7-8-21-16/h13-21H,5-12H2,1-4H3. The van der Waals surface area contributed by atoms with Crippen LogP contribution in [-0.4, -0.2) is 65.4 Å². The first-order valence-corrected chi connectivity index (χ1v) is 10.0. The highest BCUT2D eigenvalue weighted by Crippen LogP contribution is 2.42. The van der Waals surface area contributed by atoms with E-state index in [1.807, 2.05) is 28.4 Å². The molecule has 0 aromatic rings. The minimum Gasteiger partial charge on any atom is -0.379 e. The molecular formula is C20H37NO4. The molecule has 1 heterocycles. The zero-order chi connectivity index (χ0) is 17.8. The lowest BCUT2D eigenvalue weighted by Crippen LogP contribution is -2.54. The van der Waals surface area contributed by atoms with Gasteiger partial charge in [-0.2, -0.15) is 0 Å². The normalized spacial score (nSPS) is 45.1. The van der Waals surface area contributed by atoms with Gasteiger partial charge in [0.25, 0.3) is 0 Å². The van der Waals surface area contributed by atoms with Crippen LogP contribution in [-0.2, 0) is 18.9 Å². The summed E-state index contributed by atoms with van der Waals surface area (Å²) in [7, 11) is 7.29. The number of fused-ring (bicyclic) bond motifs is 1. The summed E-state index contributed by atoms with van der Waals surface area (Å²) < 4.78 is 22.8. The van der Waals surface area contributed by atoms with Gasteiger partial charge < -0.3 is 24.3 Å². The minimum absolute atomic E-state index is 0.240. The maximum absolute atomic E-state index is 5.76. The van der Waals surface area contributed by atoms with E-state index in [4.69, 9.17) is 18.9 Å². The van der Waals surface area contributed by atoms with Gasteiger partial charge >= 0.3 is 0 Å². The Kier molecular flexibility index (Phi) is 7.15. The Bertz CT molecular complexity index is 407. The van der Waals surface area contributed by atoms with Crippen molar-refractivity contribution in [2.24, 2.45) is 17.8 Å². The van der Waals surface area contributed by atoms with Crippen LogP contribution in [0.2, 0.25) is 0 Å². The summed E-state index contributed by atoms with van der Waals surface area (Å²) in [5.41, 5.74) is 0. The van der Waals surface area contributed by atoms with Crippen molar-refractivity contribution in [3.63, 3.8) is 0 Å². The summed E-state index contributed by atoms with van der Waals surface area (Å²) in [6, 6.07) is 0.607. The maximum atomic E-state index is 5.76. The van der Waals surface area contributed by atoms with Crippen LogP contribution in [0.4, 0.5) is 0 Å². The number of ether oxygens (including phenoxy) is 4. The summed E-state index contributed by atoms with van der Waals surface area (Å²) >= 11 is 0. The molecule has 3 fully saturated rings. The molecule has 0 aromatic heterocycles. The largest absolute Gasteiger partial charge is 0.379 e. The molecule has 25 heavy (non-hydrogen) atoms. The molecule has 0 spiro atoms. The van der Waals surface area contributed by atoms with E-state index in [1.165, 1.54) is 19.3 Å². The number of rotatable bonds is 6. The zero-order valence-corrected chi connectivity index (χ0v) is 16.4. The molecule has 8 atom stereocenters. The molecule has 146 valence electrons. The molecule has 3 aliphatic rings. The van der Waals surface area contributed by atoms with Crippen molar-refractivity contribution in [3.8, 4) is 0 Å². The molecule has 1 N–H and O–H groups in total. The van der Waals surface area contributed by atoms with Gasteiger partial charge in [-0.1, -0.05) is 0 Å². The van der Waals surface area contributed by atoms with Crippen molar-refractivity contribution in [2.45, 2.75) is 75.4 Å². The number of hydrogen-bond donors (Lipinski definition) is 1. The second-order valence-corrected chi connectivity index (χ2v) is 8.26. The summed E-state index contributed by atoms with van der Waals surface area (Å²) in [5.74, 6) is 2.22. The molecule has 5 nitrogen and oxygen atoms in total. The molecule has 1 aliphatic heterocycles. The first-order chi connectivity index (χ1) is 12.2. The maximum Gasteiger partial charge on any atom is 0.0836 e. The molecule has 0 bridgehead atoms. The van der Waals surface area contributed by atoms with E-state index in [9.17, 15) is 0 Å². The smallest absolute Gasteiger partial charge is 0.0836 e. The lowest BCUT2D eigenvalue weighted by molar-refractivity contribution is -0.102. The summed E-state index contributed by atoms with van der Waals surface area (Å²) in [6.45, 7) is 1.14. The van der Waals surface area contributed by atoms with Crippen LogP contribution in [0.25, 0.3) is 0 Å². The number of piperidine rings is 1. The summed E-state index contributed by atoms with van der Waals surface area (Å²) in [5, 5.41) is 3.83. The van der Waals surface area contributed by atoms with Gasteiger partial charge in [-0.15, -0.1) is 0 Å². The SMILES string of the molecule is COC1CCC(CC2NCCC3CC(OC)C(OC)CC32)CC1OC. The fourth-order valence-corrected chi connectivity index (χ4v) is 5.70. The van der Waals surface area contributed by atoms with E-state index in [0.29, 0.717) is 12.0 Å². The zero-order valence-electron chi connectivity index (χ0n) is 16.4. The Hall–Kier alpha value is -0.200. The molecule has 0 aromatic carbocycles. The third-order valence-corrected chi connectivity index (χ3v) is 7.14. The second-order valence-electron chi connectivity index (χ2n) is 8.26. The predicted molar refractivity (Wildman–Crippen MR) is 97.8 cm³/mol. The Morgan fingerprint density at radius 2 is 1.36 bits per heavy atom. The number of nitrogens with one attached hydrogen (secondary N) is 1. The van der Waals surface area contributed by atoms with Gasteiger partial charge in [-0.3, -0.25) is 0 Å². The monoisotopic (exact) mass is 355 g/mol. The van der Waals surface area contributed by atoms with E-state index < -0.39 is 0 Å². The molecule has 2 saturated carbocycles. The first-order valence-electron chi connectivity index (χ1n) is 10.0. The van der Waals surface area contributed by atoms with Crippen LogP contribution >= 0.6 is 0 Å². The highest BCUT2D eigenvalue weighted by molar-refractivity contribution is 4.97. The highest BCUT2D eigenvalue weighted by Gasteiger charge is 2.43. The van der Waals surface area contributed by atoms with Crippen LogP contribution in [0.1, 0.15) is 44.9 Å². The predicted octanol–water partition coefficient (Wildman–Crippen LogP) is 2.62. The van der Waals surface area contributed by atoms with Crippen molar-refractivity contribution in [3.05, 3.63) is 0 Å². The Labute approximate surface area is 153 Å². The third-order valence-electron chi connectivity index (χ3n) is 7.14. The Balaban J connectivity index is 1.60. The first kappa shape index (κ1) is 19.6. The van der Waals surface area contributed by atoms with Gasteiger partial charge in [0.2, 0.25) is 0 Å². The quantitative estimate of drug-likeness (QED) is 0.794. The van der Waals surface area contributed by atoms with Crippen LogP contribution in [0.5, 0.6) is 0 Å². The van der Waals surface area contributed by atoms with Crippen LogP contribution in [0.15, 0.2) is 0 Å². The molecule has 3 rings (SSSR count).